The highest BCUT2D eigenvalue weighted by Crippen LogP contribution is 2.08. The molecule has 1 N–H and O–H groups in total. The molecule has 0 bridgehead atoms. The summed E-state index contributed by atoms with van der Waals surface area (Å²) in [5.41, 5.74) is 0.882. The third-order valence-electron chi connectivity index (χ3n) is 1.43. The van der Waals surface area contributed by atoms with Crippen LogP contribution in [0.15, 0.2) is 48.5 Å². The van der Waals surface area contributed by atoms with Gasteiger partial charge in [-0.3, -0.25) is 0 Å². The number of carbonyl (C=O) groups is 1. The molecule has 1 aliphatic carbocycles. The largest absolute Gasteiger partial charge is 0.481 e. The number of hydrogen-bond donors (Lipinski definition) is 1. The zero-order valence-electron chi connectivity index (χ0n) is 7.51. The smallest absolute Gasteiger partial charge is 0.423 e. The molecule has 3 heteroatoms. The van der Waals surface area contributed by atoms with Gasteiger partial charge in [-0.15, -0.1) is 0 Å². The van der Waals surface area contributed by atoms with Crippen LogP contribution in [-0.2, 0) is 9.53 Å². The molecular formula is C11H10O3+2. The average molecular weight is 190 g/mol. The molecule has 1 aliphatic rings. The number of aliphatic hydroxyl groups is 1. The summed E-state index contributed by atoms with van der Waals surface area (Å²) in [5, 5.41) is 8.55. The molecular weight excluding hydrogens is 180 g/mol. The molecule has 0 unspecified atom stereocenters. The first-order valence-corrected chi connectivity index (χ1v) is 4.01. The van der Waals surface area contributed by atoms with Crippen molar-refractivity contribution in [3.8, 4) is 0 Å². The molecule has 70 valence electrons. The Morgan fingerprint density at radius 3 is 2.79 bits per heavy atom. The Kier molecular flexibility index (Phi) is 3.49. The SMILES string of the molecule is C=C(O)OC(=O)[CH+]C=C1C=C[CH+]C=C1. The van der Waals surface area contributed by atoms with Crippen molar-refractivity contribution in [2.75, 3.05) is 0 Å². The van der Waals surface area contributed by atoms with Crippen LogP contribution in [0.1, 0.15) is 0 Å². The third kappa shape index (κ3) is 3.58. The van der Waals surface area contributed by atoms with Gasteiger partial charge in [0.1, 0.15) is 18.2 Å². The van der Waals surface area contributed by atoms with E-state index in [1.54, 1.807) is 6.08 Å². The van der Waals surface area contributed by atoms with Gasteiger partial charge in [0.15, 0.2) is 6.42 Å². The molecule has 3 nitrogen and oxygen atoms in total. The molecule has 14 heavy (non-hydrogen) atoms. The lowest BCUT2D eigenvalue weighted by Gasteiger charge is -1.92. The van der Waals surface area contributed by atoms with E-state index in [1.807, 2.05) is 30.7 Å². The molecule has 0 spiro atoms. The van der Waals surface area contributed by atoms with Crippen LogP contribution < -0.4 is 0 Å². The molecule has 0 heterocycles. The fourth-order valence-electron chi connectivity index (χ4n) is 0.879. The van der Waals surface area contributed by atoms with Gasteiger partial charge in [-0.05, 0) is 6.58 Å². The molecule has 0 aromatic heterocycles. The van der Waals surface area contributed by atoms with Crippen LogP contribution in [0.2, 0.25) is 0 Å². The minimum atomic E-state index is -0.652. The van der Waals surface area contributed by atoms with Crippen molar-refractivity contribution in [1.29, 1.82) is 0 Å². The quantitative estimate of drug-likeness (QED) is 0.420. The Morgan fingerprint density at radius 1 is 1.57 bits per heavy atom. The first kappa shape index (κ1) is 10.1. The van der Waals surface area contributed by atoms with E-state index in [4.69, 9.17) is 5.11 Å². The first-order chi connectivity index (χ1) is 6.68. The van der Waals surface area contributed by atoms with Crippen molar-refractivity contribution in [1.82, 2.24) is 0 Å². The van der Waals surface area contributed by atoms with Crippen LogP contribution in [0.4, 0.5) is 0 Å². The summed E-state index contributed by atoms with van der Waals surface area (Å²) in [6, 6.07) is 0. The van der Waals surface area contributed by atoms with Gasteiger partial charge in [0.2, 0.25) is 5.57 Å². The van der Waals surface area contributed by atoms with Gasteiger partial charge in [-0.2, -0.15) is 0 Å². The maximum Gasteiger partial charge on any atom is 0.423 e. The zero-order valence-corrected chi connectivity index (χ0v) is 7.51. The van der Waals surface area contributed by atoms with E-state index in [0.29, 0.717) is 0 Å². The lowest BCUT2D eigenvalue weighted by molar-refractivity contribution is -0.138. The van der Waals surface area contributed by atoms with E-state index in [1.165, 1.54) is 6.42 Å². The van der Waals surface area contributed by atoms with Gasteiger partial charge in [-0.25, -0.2) is 4.79 Å². The fourth-order valence-corrected chi connectivity index (χ4v) is 0.879. The van der Waals surface area contributed by atoms with Crippen LogP contribution in [0.3, 0.4) is 0 Å². The number of allylic oxidation sites excluding steroid dienone is 5. The highest BCUT2D eigenvalue weighted by molar-refractivity contribution is 5.82. The summed E-state index contributed by atoms with van der Waals surface area (Å²) in [5.74, 6) is -1.26. The number of carbonyl (C=O) groups excluding carboxylic acids is 1. The lowest BCUT2D eigenvalue weighted by atomic mass is 10.1. The molecule has 0 saturated carbocycles. The van der Waals surface area contributed by atoms with Gasteiger partial charge in [-0.1, -0.05) is 0 Å². The van der Waals surface area contributed by atoms with Gasteiger partial charge >= 0.3 is 5.97 Å². The molecule has 0 saturated heterocycles. The maximum absolute atomic E-state index is 10.9. The van der Waals surface area contributed by atoms with Gasteiger partial charge in [0, 0.05) is 6.42 Å². The predicted octanol–water partition coefficient (Wildman–Crippen LogP) is 2.02. The molecule has 0 amide bonds. The van der Waals surface area contributed by atoms with Crippen molar-refractivity contribution < 1.29 is 14.6 Å². The monoisotopic (exact) mass is 190 g/mol. The molecule has 0 radical (unpaired) electrons. The molecule has 0 atom stereocenters. The van der Waals surface area contributed by atoms with Crippen molar-refractivity contribution in [2.24, 2.45) is 0 Å². The van der Waals surface area contributed by atoms with Crippen LogP contribution >= 0.6 is 0 Å². The number of rotatable bonds is 3. The minimum absolute atomic E-state index is 0.604. The van der Waals surface area contributed by atoms with E-state index < -0.39 is 11.9 Å². The second-order valence-corrected chi connectivity index (χ2v) is 2.56. The minimum Gasteiger partial charge on any atom is -0.481 e. The van der Waals surface area contributed by atoms with E-state index in [0.717, 1.165) is 5.57 Å². The summed E-state index contributed by atoms with van der Waals surface area (Å²) in [6.45, 7) is 3.03. The van der Waals surface area contributed by atoms with Gasteiger partial charge in [0.05, 0.1) is 12.2 Å². The highest BCUT2D eigenvalue weighted by Gasteiger charge is 2.13. The van der Waals surface area contributed by atoms with E-state index in [9.17, 15) is 4.79 Å². The lowest BCUT2D eigenvalue weighted by Crippen LogP contribution is -2.02. The van der Waals surface area contributed by atoms with Crippen molar-refractivity contribution in [3.05, 3.63) is 61.3 Å². The van der Waals surface area contributed by atoms with E-state index >= 15 is 0 Å². The number of hydrogen-bond acceptors (Lipinski definition) is 3. The Morgan fingerprint density at radius 2 is 2.21 bits per heavy atom. The van der Waals surface area contributed by atoms with Crippen LogP contribution in [0, 0.1) is 12.8 Å². The third-order valence-corrected chi connectivity index (χ3v) is 1.43. The summed E-state index contributed by atoms with van der Waals surface area (Å²) in [6.07, 6.45) is 12.1. The topological polar surface area (TPSA) is 46.5 Å². The van der Waals surface area contributed by atoms with Crippen LogP contribution in [0.25, 0.3) is 0 Å². The van der Waals surface area contributed by atoms with E-state index in [2.05, 4.69) is 11.3 Å². The van der Waals surface area contributed by atoms with Crippen molar-refractivity contribution in [3.63, 3.8) is 0 Å². The zero-order chi connectivity index (χ0) is 10.4. The number of esters is 1. The maximum atomic E-state index is 10.9. The number of aliphatic hydroxyl groups excluding tert-OH is 1. The second kappa shape index (κ2) is 4.87. The van der Waals surface area contributed by atoms with E-state index in [-0.39, 0.29) is 0 Å². The predicted molar refractivity (Wildman–Crippen MR) is 52.8 cm³/mol. The first-order valence-electron chi connectivity index (χ1n) is 4.01. The molecule has 0 aliphatic heterocycles. The number of ether oxygens (including phenoxy) is 1. The Labute approximate surface area is 82.7 Å². The fraction of sp³-hybridized carbons (Fsp3) is 0. The summed E-state index contributed by atoms with van der Waals surface area (Å²) >= 11 is 0. The Balaban J connectivity index is 2.42. The normalized spacial score (nSPS) is 13.0. The summed E-state index contributed by atoms with van der Waals surface area (Å²) in [4.78, 5) is 10.9. The molecule has 0 aromatic rings. The van der Waals surface area contributed by atoms with Gasteiger partial charge < -0.3 is 9.84 Å². The second-order valence-electron chi connectivity index (χ2n) is 2.56. The molecule has 0 fully saturated rings. The summed E-state index contributed by atoms with van der Waals surface area (Å²) < 4.78 is 4.31. The van der Waals surface area contributed by atoms with Crippen LogP contribution in [0.5, 0.6) is 0 Å². The standard InChI is InChI=1S/C11H9O3/c1-9(12)14-11(13)8-7-10-5-3-2-4-6-10/h2-8H,1H2/q+1/p+1. The average Bonchev–Trinajstić information content (AvgIpc) is 2.15. The molecule has 1 rings (SSSR count). The Hall–Kier alpha value is -2.03. The van der Waals surface area contributed by atoms with Gasteiger partial charge in [0.25, 0.3) is 5.95 Å². The van der Waals surface area contributed by atoms with Crippen molar-refractivity contribution in [2.45, 2.75) is 0 Å². The van der Waals surface area contributed by atoms with Crippen LogP contribution in [-0.4, -0.2) is 11.1 Å². The molecule has 0 aromatic carbocycles. The highest BCUT2D eigenvalue weighted by atomic mass is 16.6. The summed E-state index contributed by atoms with van der Waals surface area (Å²) in [7, 11) is 0. The Bertz CT molecular complexity index is 307. The van der Waals surface area contributed by atoms with Crippen molar-refractivity contribution >= 4 is 5.97 Å².